The average Bonchev–Trinajstić information content (AvgIpc) is 2.98. The second-order valence-electron chi connectivity index (χ2n) is 6.83. The third-order valence-corrected chi connectivity index (χ3v) is 4.96. The Balaban J connectivity index is 1.52. The Hall–Kier alpha value is -3.36. The molecule has 9 heteroatoms. The highest BCUT2D eigenvalue weighted by molar-refractivity contribution is 5.82. The molecule has 28 heavy (non-hydrogen) atoms. The van der Waals surface area contributed by atoms with E-state index in [0.29, 0.717) is 36.6 Å². The summed E-state index contributed by atoms with van der Waals surface area (Å²) >= 11 is 0. The number of ether oxygens (including phenoxy) is 1. The fourth-order valence-corrected chi connectivity index (χ4v) is 3.39. The number of aromatic nitrogens is 4. The highest BCUT2D eigenvalue weighted by Crippen LogP contribution is 2.17. The van der Waals surface area contributed by atoms with Crippen LogP contribution in [0.1, 0.15) is 12.0 Å². The Morgan fingerprint density at radius 2 is 1.96 bits per heavy atom. The summed E-state index contributed by atoms with van der Waals surface area (Å²) in [7, 11) is 3.37. The lowest BCUT2D eigenvalue weighted by atomic mass is 10.2. The molecule has 146 valence electrons. The number of nitrogens with one attached hydrogen (secondary N) is 1. The van der Waals surface area contributed by atoms with E-state index >= 15 is 0 Å². The summed E-state index contributed by atoms with van der Waals surface area (Å²) in [6.07, 6.45) is 2.28. The van der Waals surface area contributed by atoms with Crippen LogP contribution in [-0.4, -0.2) is 57.3 Å². The van der Waals surface area contributed by atoms with E-state index in [0.717, 1.165) is 17.7 Å². The number of amides is 1. The summed E-state index contributed by atoms with van der Waals surface area (Å²) in [5, 5.41) is 4.52. The van der Waals surface area contributed by atoms with E-state index in [2.05, 4.69) is 15.1 Å². The lowest BCUT2D eigenvalue weighted by Gasteiger charge is -2.22. The maximum absolute atomic E-state index is 12.8. The summed E-state index contributed by atoms with van der Waals surface area (Å²) < 4.78 is 6.74. The molecular formula is C19H22N6O3. The van der Waals surface area contributed by atoms with Crippen molar-refractivity contribution < 1.29 is 9.53 Å². The van der Waals surface area contributed by atoms with Gasteiger partial charge >= 0.3 is 0 Å². The van der Waals surface area contributed by atoms with Crippen molar-refractivity contribution in [3.63, 3.8) is 0 Å². The number of nitrogens with zero attached hydrogens (tertiary/aromatic N) is 5. The minimum atomic E-state index is -0.250. The Morgan fingerprint density at radius 1 is 1.18 bits per heavy atom. The number of methoxy groups -OCH3 is 1. The topological polar surface area (TPSA) is 96.3 Å². The van der Waals surface area contributed by atoms with Crippen molar-refractivity contribution in [1.29, 1.82) is 0 Å². The molecule has 9 nitrogen and oxygen atoms in total. The smallest absolute Gasteiger partial charge is 0.263 e. The van der Waals surface area contributed by atoms with E-state index in [1.807, 2.05) is 34.1 Å². The zero-order chi connectivity index (χ0) is 19.7. The van der Waals surface area contributed by atoms with E-state index in [4.69, 9.17) is 4.74 Å². The van der Waals surface area contributed by atoms with E-state index in [9.17, 15) is 9.59 Å². The molecule has 1 aromatic carbocycles. The molecule has 2 aromatic heterocycles. The van der Waals surface area contributed by atoms with Crippen LogP contribution in [0.4, 0.5) is 5.95 Å². The van der Waals surface area contributed by atoms with Crippen LogP contribution in [0.2, 0.25) is 0 Å². The minimum absolute atomic E-state index is 0.000991. The van der Waals surface area contributed by atoms with Gasteiger partial charge in [0.15, 0.2) is 5.65 Å². The van der Waals surface area contributed by atoms with Gasteiger partial charge in [0.05, 0.1) is 19.9 Å². The average molecular weight is 382 g/mol. The van der Waals surface area contributed by atoms with Crippen molar-refractivity contribution in [2.75, 3.05) is 31.6 Å². The number of rotatable bonds is 4. The SMILES string of the molecule is COc1ccc(CN2CCCN(c3nc4c(cnn4C)c(=O)[nH]3)CC2=O)cc1. The molecule has 1 aliphatic rings. The number of anilines is 1. The highest BCUT2D eigenvalue weighted by Gasteiger charge is 2.24. The first-order valence-corrected chi connectivity index (χ1v) is 9.13. The van der Waals surface area contributed by atoms with Gasteiger partial charge in [0, 0.05) is 26.7 Å². The molecule has 1 aliphatic heterocycles. The number of H-pyrrole nitrogens is 1. The fraction of sp³-hybridized carbons (Fsp3) is 0.368. The second kappa shape index (κ2) is 7.34. The Morgan fingerprint density at radius 3 is 2.71 bits per heavy atom. The van der Waals surface area contributed by atoms with Crippen LogP contribution in [0.15, 0.2) is 35.3 Å². The van der Waals surface area contributed by atoms with Gasteiger partial charge in [-0.3, -0.25) is 19.3 Å². The van der Waals surface area contributed by atoms with Gasteiger partial charge in [-0.1, -0.05) is 12.1 Å². The molecule has 0 aliphatic carbocycles. The molecule has 0 saturated carbocycles. The first-order chi connectivity index (χ1) is 13.5. The number of carbonyl (C=O) groups is 1. The Labute approximate surface area is 161 Å². The fourth-order valence-electron chi connectivity index (χ4n) is 3.39. The maximum Gasteiger partial charge on any atom is 0.263 e. The largest absolute Gasteiger partial charge is 0.497 e. The van der Waals surface area contributed by atoms with Crippen molar-refractivity contribution in [2.45, 2.75) is 13.0 Å². The van der Waals surface area contributed by atoms with E-state index in [1.165, 1.54) is 6.20 Å². The number of aryl methyl sites for hydroxylation is 1. The van der Waals surface area contributed by atoms with E-state index in [1.54, 1.807) is 18.8 Å². The van der Waals surface area contributed by atoms with Crippen LogP contribution in [0.5, 0.6) is 5.75 Å². The summed E-state index contributed by atoms with van der Waals surface area (Å²) in [6, 6.07) is 7.71. The van der Waals surface area contributed by atoms with Gasteiger partial charge in [0.25, 0.3) is 5.56 Å². The van der Waals surface area contributed by atoms with Crippen molar-refractivity contribution in [1.82, 2.24) is 24.6 Å². The predicted octanol–water partition coefficient (Wildman–Crippen LogP) is 0.904. The molecule has 1 amide bonds. The van der Waals surface area contributed by atoms with Crippen molar-refractivity contribution in [3.05, 3.63) is 46.4 Å². The number of hydrogen-bond donors (Lipinski definition) is 1. The third-order valence-electron chi connectivity index (χ3n) is 4.96. The third kappa shape index (κ3) is 3.42. The molecule has 0 spiro atoms. The molecular weight excluding hydrogens is 360 g/mol. The summed E-state index contributed by atoms with van der Waals surface area (Å²) in [5.41, 5.74) is 1.30. The first kappa shape index (κ1) is 18.0. The van der Waals surface area contributed by atoms with Crippen LogP contribution in [-0.2, 0) is 18.4 Å². The first-order valence-electron chi connectivity index (χ1n) is 9.13. The second-order valence-corrected chi connectivity index (χ2v) is 6.83. The van der Waals surface area contributed by atoms with Crippen LogP contribution >= 0.6 is 0 Å². The lowest BCUT2D eigenvalue weighted by molar-refractivity contribution is -0.129. The van der Waals surface area contributed by atoms with Gasteiger partial charge in [0.1, 0.15) is 11.1 Å². The van der Waals surface area contributed by atoms with Crippen LogP contribution in [0, 0.1) is 0 Å². The molecule has 4 rings (SSSR count). The minimum Gasteiger partial charge on any atom is -0.497 e. The van der Waals surface area contributed by atoms with E-state index in [-0.39, 0.29) is 18.0 Å². The quantitative estimate of drug-likeness (QED) is 0.720. The Bertz CT molecular complexity index is 1060. The van der Waals surface area contributed by atoms with Gasteiger partial charge in [-0.2, -0.15) is 10.1 Å². The number of carbonyl (C=O) groups excluding carboxylic acids is 1. The van der Waals surface area contributed by atoms with Gasteiger partial charge in [-0.25, -0.2) is 0 Å². The number of hydrogen-bond acceptors (Lipinski definition) is 6. The summed E-state index contributed by atoms with van der Waals surface area (Å²) in [6.45, 7) is 2.00. The molecule has 0 bridgehead atoms. The molecule has 3 heterocycles. The van der Waals surface area contributed by atoms with Crippen molar-refractivity contribution >= 4 is 22.9 Å². The molecule has 1 fully saturated rings. The lowest BCUT2D eigenvalue weighted by Crippen LogP contribution is -2.37. The van der Waals surface area contributed by atoms with E-state index < -0.39 is 0 Å². The molecule has 1 N–H and O–H groups in total. The van der Waals surface area contributed by atoms with Gasteiger partial charge in [-0.15, -0.1) is 0 Å². The maximum atomic E-state index is 12.8. The van der Waals surface area contributed by atoms with Crippen LogP contribution < -0.4 is 15.2 Å². The van der Waals surface area contributed by atoms with Gasteiger partial charge < -0.3 is 14.5 Å². The zero-order valence-electron chi connectivity index (χ0n) is 15.9. The molecule has 1 saturated heterocycles. The molecule has 0 radical (unpaired) electrons. The Kier molecular flexibility index (Phi) is 4.72. The molecule has 0 atom stereocenters. The molecule has 3 aromatic rings. The van der Waals surface area contributed by atoms with Gasteiger partial charge in [-0.05, 0) is 24.1 Å². The predicted molar refractivity (Wildman–Crippen MR) is 104 cm³/mol. The number of benzene rings is 1. The van der Waals surface area contributed by atoms with Gasteiger partial charge in [0.2, 0.25) is 11.9 Å². The van der Waals surface area contributed by atoms with Crippen molar-refractivity contribution in [3.8, 4) is 5.75 Å². The summed E-state index contributed by atoms with van der Waals surface area (Å²) in [4.78, 5) is 36.1. The highest BCUT2D eigenvalue weighted by atomic mass is 16.5. The normalized spacial score (nSPS) is 15.1. The monoisotopic (exact) mass is 382 g/mol. The zero-order valence-corrected chi connectivity index (χ0v) is 15.9. The number of aromatic amines is 1. The standard InChI is InChI=1S/C19H22N6O3/c1-23-17-15(10-20-23)18(27)22-19(21-17)25-9-3-8-24(16(26)12-25)11-13-4-6-14(28-2)7-5-13/h4-7,10H,3,8-9,11-12H2,1-2H3,(H,21,22,27). The van der Waals surface area contributed by atoms with Crippen molar-refractivity contribution in [2.24, 2.45) is 7.05 Å². The summed E-state index contributed by atoms with van der Waals surface area (Å²) in [5.74, 6) is 1.19. The van der Waals surface area contributed by atoms with Crippen LogP contribution in [0.3, 0.4) is 0 Å². The number of fused-ring (bicyclic) bond motifs is 1. The molecule has 0 unspecified atom stereocenters. The van der Waals surface area contributed by atoms with Crippen LogP contribution in [0.25, 0.3) is 11.0 Å².